The number of hydrogen-bond acceptors (Lipinski definition) is 3. The molecule has 1 N–H and O–H groups in total. The highest BCUT2D eigenvalue weighted by molar-refractivity contribution is 7.92. The van der Waals surface area contributed by atoms with Crippen LogP contribution < -0.4 is 0 Å². The number of rotatable bonds is 3. The van der Waals surface area contributed by atoms with Gasteiger partial charge in [0.1, 0.15) is 0 Å². The highest BCUT2D eigenvalue weighted by atomic mass is 32.2. The van der Waals surface area contributed by atoms with E-state index in [-0.39, 0.29) is 17.8 Å². The predicted octanol–water partition coefficient (Wildman–Crippen LogP) is 1.15. The summed E-state index contributed by atoms with van der Waals surface area (Å²) in [7, 11) is -3.20. The Labute approximate surface area is 89.7 Å². The molecule has 2 atom stereocenters. The van der Waals surface area contributed by atoms with E-state index in [1.165, 1.54) is 0 Å². The Kier molecular flexibility index (Phi) is 2.56. The summed E-state index contributed by atoms with van der Waals surface area (Å²) in [5.74, 6) is -0.0590. The third-order valence-corrected chi connectivity index (χ3v) is 5.14. The third kappa shape index (κ3) is 1.92. The van der Waals surface area contributed by atoms with Crippen LogP contribution >= 0.6 is 0 Å². The Balaban J connectivity index is 2.27. The highest BCUT2D eigenvalue weighted by Crippen LogP contribution is 2.39. The van der Waals surface area contributed by atoms with Gasteiger partial charge in [-0.3, -0.25) is 0 Å². The van der Waals surface area contributed by atoms with Crippen LogP contribution in [0.5, 0.6) is 0 Å². The minimum Gasteiger partial charge on any atom is -0.396 e. The van der Waals surface area contributed by atoms with Crippen molar-refractivity contribution >= 4 is 9.84 Å². The van der Waals surface area contributed by atoms with Crippen molar-refractivity contribution in [2.75, 3.05) is 6.61 Å². The largest absolute Gasteiger partial charge is 0.396 e. The molecule has 1 aliphatic carbocycles. The molecule has 0 saturated heterocycles. The van der Waals surface area contributed by atoms with Gasteiger partial charge in [-0.05, 0) is 25.5 Å². The van der Waals surface area contributed by atoms with Crippen LogP contribution in [0.15, 0.2) is 29.2 Å². The predicted molar refractivity (Wildman–Crippen MR) is 57.3 cm³/mol. The number of aliphatic hydroxyl groups is 1. The van der Waals surface area contributed by atoms with E-state index in [0.29, 0.717) is 11.3 Å². The fraction of sp³-hybridized carbons (Fsp3) is 0.455. The van der Waals surface area contributed by atoms with Gasteiger partial charge in [0.25, 0.3) is 0 Å². The van der Waals surface area contributed by atoms with Crippen molar-refractivity contribution in [3.05, 3.63) is 29.8 Å². The van der Waals surface area contributed by atoms with Crippen LogP contribution in [0.4, 0.5) is 0 Å². The molecule has 1 saturated carbocycles. The first kappa shape index (κ1) is 10.6. The number of aryl methyl sites for hydroxylation is 1. The smallest absolute Gasteiger partial charge is 0.181 e. The molecule has 0 radical (unpaired) electrons. The van der Waals surface area contributed by atoms with Crippen LogP contribution in [0.2, 0.25) is 0 Å². The second kappa shape index (κ2) is 3.61. The molecule has 1 aromatic carbocycles. The lowest BCUT2D eigenvalue weighted by atomic mass is 10.2. The Morgan fingerprint density at radius 3 is 2.40 bits per heavy atom. The standard InChI is InChI=1S/C11H14O3S/c1-8-2-4-10(5-3-8)15(13,14)11-6-9(11)7-12/h2-5,9,11-12H,6-7H2,1H3/t9-,11-/m1/s1. The van der Waals surface area contributed by atoms with E-state index in [9.17, 15) is 8.42 Å². The van der Waals surface area contributed by atoms with E-state index >= 15 is 0 Å². The highest BCUT2D eigenvalue weighted by Gasteiger charge is 2.47. The van der Waals surface area contributed by atoms with Crippen molar-refractivity contribution in [3.63, 3.8) is 0 Å². The number of sulfone groups is 1. The molecule has 0 heterocycles. The van der Waals surface area contributed by atoms with Gasteiger partial charge in [0.2, 0.25) is 0 Å². The van der Waals surface area contributed by atoms with Crippen LogP contribution in [0, 0.1) is 12.8 Å². The van der Waals surface area contributed by atoms with Gasteiger partial charge in [0.15, 0.2) is 9.84 Å². The topological polar surface area (TPSA) is 54.4 Å². The average Bonchev–Trinajstić information content (AvgIpc) is 2.98. The van der Waals surface area contributed by atoms with Gasteiger partial charge < -0.3 is 5.11 Å². The third-order valence-electron chi connectivity index (χ3n) is 2.84. The van der Waals surface area contributed by atoms with Crippen LogP contribution in [-0.4, -0.2) is 25.4 Å². The molecule has 15 heavy (non-hydrogen) atoms. The van der Waals surface area contributed by atoms with Gasteiger partial charge in [-0.1, -0.05) is 17.7 Å². The van der Waals surface area contributed by atoms with E-state index in [4.69, 9.17) is 5.11 Å². The second-order valence-electron chi connectivity index (χ2n) is 4.07. The summed E-state index contributed by atoms with van der Waals surface area (Å²) >= 11 is 0. The molecular formula is C11H14O3S. The van der Waals surface area contributed by atoms with Gasteiger partial charge in [-0.2, -0.15) is 0 Å². The maximum atomic E-state index is 12.0. The summed E-state index contributed by atoms with van der Waals surface area (Å²) in [6.45, 7) is 1.89. The van der Waals surface area contributed by atoms with Crippen molar-refractivity contribution in [2.45, 2.75) is 23.5 Å². The van der Waals surface area contributed by atoms with E-state index < -0.39 is 9.84 Å². The van der Waals surface area contributed by atoms with Crippen LogP contribution in [0.25, 0.3) is 0 Å². The van der Waals surface area contributed by atoms with Gasteiger partial charge in [0.05, 0.1) is 10.1 Å². The minimum absolute atomic E-state index is 0.0320. The monoisotopic (exact) mass is 226 g/mol. The number of hydrogen-bond donors (Lipinski definition) is 1. The lowest BCUT2D eigenvalue weighted by Gasteiger charge is -2.03. The molecule has 82 valence electrons. The minimum atomic E-state index is -3.20. The second-order valence-corrected chi connectivity index (χ2v) is 6.24. The quantitative estimate of drug-likeness (QED) is 0.841. The molecule has 3 nitrogen and oxygen atoms in total. The first-order chi connectivity index (χ1) is 7.05. The molecule has 0 bridgehead atoms. The molecule has 1 aromatic rings. The molecule has 0 aliphatic heterocycles. The molecule has 1 aliphatic rings. The Morgan fingerprint density at radius 2 is 1.93 bits per heavy atom. The molecule has 0 aromatic heterocycles. The first-order valence-electron chi connectivity index (χ1n) is 4.97. The zero-order valence-corrected chi connectivity index (χ0v) is 9.37. The lowest BCUT2D eigenvalue weighted by molar-refractivity contribution is 0.277. The normalized spacial score (nSPS) is 25.2. The first-order valence-corrected chi connectivity index (χ1v) is 6.52. The van der Waals surface area contributed by atoms with Crippen molar-refractivity contribution < 1.29 is 13.5 Å². The maximum Gasteiger partial charge on any atom is 0.181 e. The number of benzene rings is 1. The summed E-state index contributed by atoms with van der Waals surface area (Å²) in [6.07, 6.45) is 0.590. The van der Waals surface area contributed by atoms with Crippen molar-refractivity contribution in [3.8, 4) is 0 Å². The molecule has 4 heteroatoms. The summed E-state index contributed by atoms with van der Waals surface area (Å²) in [6, 6.07) is 6.86. The van der Waals surface area contributed by atoms with E-state index in [1.54, 1.807) is 24.3 Å². The number of aliphatic hydroxyl groups excluding tert-OH is 1. The zero-order chi connectivity index (χ0) is 11.1. The van der Waals surface area contributed by atoms with Gasteiger partial charge in [-0.25, -0.2) is 8.42 Å². The van der Waals surface area contributed by atoms with Gasteiger partial charge >= 0.3 is 0 Å². The SMILES string of the molecule is Cc1ccc(S(=O)(=O)[C@@H]2C[C@@H]2CO)cc1. The molecular weight excluding hydrogens is 212 g/mol. The fourth-order valence-corrected chi connectivity index (χ4v) is 3.65. The van der Waals surface area contributed by atoms with Crippen LogP contribution in [0.3, 0.4) is 0 Å². The van der Waals surface area contributed by atoms with Gasteiger partial charge in [-0.15, -0.1) is 0 Å². The van der Waals surface area contributed by atoms with Crippen molar-refractivity contribution in [2.24, 2.45) is 5.92 Å². The Morgan fingerprint density at radius 1 is 1.33 bits per heavy atom. The fourth-order valence-electron chi connectivity index (χ4n) is 1.69. The van der Waals surface area contributed by atoms with E-state index in [0.717, 1.165) is 5.56 Å². The molecule has 1 fully saturated rings. The van der Waals surface area contributed by atoms with Crippen molar-refractivity contribution in [1.29, 1.82) is 0 Å². The molecule has 0 amide bonds. The Hall–Kier alpha value is -0.870. The molecule has 2 rings (SSSR count). The molecule has 0 unspecified atom stereocenters. The lowest BCUT2D eigenvalue weighted by Crippen LogP contribution is -2.10. The summed E-state index contributed by atoms with van der Waals surface area (Å²) in [4.78, 5) is 0.369. The molecule has 0 spiro atoms. The van der Waals surface area contributed by atoms with Crippen molar-refractivity contribution in [1.82, 2.24) is 0 Å². The summed E-state index contributed by atoms with van der Waals surface area (Å²) in [5.41, 5.74) is 1.04. The van der Waals surface area contributed by atoms with Crippen LogP contribution in [-0.2, 0) is 9.84 Å². The zero-order valence-electron chi connectivity index (χ0n) is 8.55. The van der Waals surface area contributed by atoms with E-state index in [2.05, 4.69) is 0 Å². The Bertz CT molecular complexity index is 447. The summed E-state index contributed by atoms with van der Waals surface area (Å²) < 4.78 is 23.9. The van der Waals surface area contributed by atoms with Gasteiger partial charge in [0, 0.05) is 12.5 Å². The van der Waals surface area contributed by atoms with E-state index in [1.807, 2.05) is 6.92 Å². The van der Waals surface area contributed by atoms with Crippen LogP contribution in [0.1, 0.15) is 12.0 Å². The average molecular weight is 226 g/mol. The summed E-state index contributed by atoms with van der Waals surface area (Å²) in [5, 5.41) is 8.50. The maximum absolute atomic E-state index is 12.0.